The van der Waals surface area contributed by atoms with E-state index in [1.165, 1.54) is 0 Å². The quantitative estimate of drug-likeness (QED) is 0.700. The predicted octanol–water partition coefficient (Wildman–Crippen LogP) is 4.59. The van der Waals surface area contributed by atoms with E-state index in [-0.39, 0.29) is 5.91 Å². The Bertz CT molecular complexity index is 735. The van der Waals surface area contributed by atoms with Crippen LogP contribution in [0.3, 0.4) is 0 Å². The van der Waals surface area contributed by atoms with Crippen molar-refractivity contribution in [3.8, 4) is 0 Å². The van der Waals surface area contributed by atoms with Gasteiger partial charge in [0.1, 0.15) is 5.76 Å². The highest BCUT2D eigenvalue weighted by Crippen LogP contribution is 2.18. The van der Waals surface area contributed by atoms with Crippen LogP contribution in [0, 0.1) is 0 Å². The van der Waals surface area contributed by atoms with Gasteiger partial charge in [0, 0.05) is 29.9 Å². The van der Waals surface area contributed by atoms with Crippen LogP contribution in [0.2, 0.25) is 0 Å². The van der Waals surface area contributed by atoms with Crippen LogP contribution in [0.25, 0.3) is 0 Å². The lowest BCUT2D eigenvalue weighted by atomic mass is 10.2. The van der Waals surface area contributed by atoms with E-state index >= 15 is 0 Å². The third kappa shape index (κ3) is 4.48. The van der Waals surface area contributed by atoms with Crippen LogP contribution in [-0.4, -0.2) is 5.91 Å². The number of anilines is 3. The second-order valence-electron chi connectivity index (χ2n) is 5.20. The fourth-order valence-corrected chi connectivity index (χ4v) is 2.24. The van der Waals surface area contributed by atoms with Crippen molar-refractivity contribution in [1.29, 1.82) is 0 Å². The molecule has 2 N–H and O–H groups in total. The fourth-order valence-electron chi connectivity index (χ4n) is 2.24. The number of aryl methyl sites for hydroxylation is 1. The second-order valence-corrected chi connectivity index (χ2v) is 5.20. The summed E-state index contributed by atoms with van der Waals surface area (Å²) in [5.74, 6) is 0.799. The molecule has 0 aliphatic heterocycles. The van der Waals surface area contributed by atoms with Gasteiger partial charge in [-0.1, -0.05) is 18.2 Å². The standard InChI is InChI=1S/C19H18N2O2/c22-19(13-12-18-7-4-14-23-18)21-17-10-8-16(9-11-17)20-15-5-2-1-3-6-15/h1-11,14,20H,12-13H2,(H,21,22). The van der Waals surface area contributed by atoms with E-state index in [0.29, 0.717) is 12.8 Å². The molecule has 23 heavy (non-hydrogen) atoms. The summed E-state index contributed by atoms with van der Waals surface area (Å²) in [5, 5.41) is 6.19. The Morgan fingerprint density at radius 2 is 1.52 bits per heavy atom. The topological polar surface area (TPSA) is 54.3 Å². The highest BCUT2D eigenvalue weighted by atomic mass is 16.3. The van der Waals surface area contributed by atoms with E-state index in [1.807, 2.05) is 66.7 Å². The highest BCUT2D eigenvalue weighted by Gasteiger charge is 2.04. The first-order valence-corrected chi connectivity index (χ1v) is 7.54. The van der Waals surface area contributed by atoms with E-state index in [0.717, 1.165) is 22.8 Å². The Morgan fingerprint density at radius 3 is 2.22 bits per heavy atom. The smallest absolute Gasteiger partial charge is 0.224 e. The minimum absolute atomic E-state index is 0.0230. The molecule has 0 aliphatic rings. The molecular formula is C19H18N2O2. The molecule has 0 unspecified atom stereocenters. The number of benzene rings is 2. The van der Waals surface area contributed by atoms with Crippen molar-refractivity contribution in [1.82, 2.24) is 0 Å². The van der Waals surface area contributed by atoms with Crippen molar-refractivity contribution in [3.05, 3.63) is 78.8 Å². The summed E-state index contributed by atoms with van der Waals surface area (Å²) in [6.07, 6.45) is 2.62. The van der Waals surface area contributed by atoms with Gasteiger partial charge < -0.3 is 15.1 Å². The predicted molar refractivity (Wildman–Crippen MR) is 91.8 cm³/mol. The minimum atomic E-state index is -0.0230. The van der Waals surface area contributed by atoms with Crippen molar-refractivity contribution in [2.45, 2.75) is 12.8 Å². The Hall–Kier alpha value is -3.01. The molecule has 4 nitrogen and oxygen atoms in total. The number of rotatable bonds is 6. The van der Waals surface area contributed by atoms with Gasteiger partial charge in [-0.3, -0.25) is 4.79 Å². The van der Waals surface area contributed by atoms with Crippen LogP contribution < -0.4 is 10.6 Å². The summed E-state index contributed by atoms with van der Waals surface area (Å²) < 4.78 is 5.22. The second kappa shape index (κ2) is 7.31. The fraction of sp³-hybridized carbons (Fsp3) is 0.105. The number of hydrogen-bond acceptors (Lipinski definition) is 3. The molecule has 0 saturated heterocycles. The van der Waals surface area contributed by atoms with Crippen LogP contribution in [-0.2, 0) is 11.2 Å². The zero-order valence-corrected chi connectivity index (χ0v) is 12.7. The lowest BCUT2D eigenvalue weighted by Gasteiger charge is -2.08. The molecule has 1 heterocycles. The number of para-hydroxylation sites is 1. The Balaban J connectivity index is 1.51. The average molecular weight is 306 g/mol. The molecule has 1 amide bonds. The van der Waals surface area contributed by atoms with Gasteiger partial charge in [0.15, 0.2) is 0 Å². The van der Waals surface area contributed by atoms with Crippen molar-refractivity contribution < 1.29 is 9.21 Å². The zero-order chi connectivity index (χ0) is 15.9. The summed E-state index contributed by atoms with van der Waals surface area (Å²) in [5.41, 5.74) is 2.79. The van der Waals surface area contributed by atoms with E-state index in [4.69, 9.17) is 4.42 Å². The normalized spacial score (nSPS) is 10.3. The monoisotopic (exact) mass is 306 g/mol. The first-order valence-electron chi connectivity index (χ1n) is 7.54. The van der Waals surface area contributed by atoms with Gasteiger partial charge in [0.25, 0.3) is 0 Å². The zero-order valence-electron chi connectivity index (χ0n) is 12.7. The molecule has 0 spiro atoms. The largest absolute Gasteiger partial charge is 0.469 e. The molecule has 0 aliphatic carbocycles. The summed E-state index contributed by atoms with van der Waals surface area (Å²) >= 11 is 0. The summed E-state index contributed by atoms with van der Waals surface area (Å²) in [6, 6.07) is 21.3. The van der Waals surface area contributed by atoms with Crippen LogP contribution >= 0.6 is 0 Å². The number of nitrogens with one attached hydrogen (secondary N) is 2. The minimum Gasteiger partial charge on any atom is -0.469 e. The van der Waals surface area contributed by atoms with Crippen LogP contribution in [0.15, 0.2) is 77.4 Å². The summed E-state index contributed by atoms with van der Waals surface area (Å²) in [4.78, 5) is 11.9. The van der Waals surface area contributed by atoms with Gasteiger partial charge in [0.2, 0.25) is 5.91 Å². The number of amides is 1. The summed E-state index contributed by atoms with van der Waals surface area (Å²) in [7, 11) is 0. The number of hydrogen-bond donors (Lipinski definition) is 2. The molecule has 1 aromatic heterocycles. The van der Waals surface area contributed by atoms with E-state index in [9.17, 15) is 4.79 Å². The van der Waals surface area contributed by atoms with E-state index in [1.54, 1.807) is 6.26 Å². The first-order chi connectivity index (χ1) is 11.3. The Morgan fingerprint density at radius 1 is 0.826 bits per heavy atom. The number of furan rings is 1. The van der Waals surface area contributed by atoms with Gasteiger partial charge in [-0.25, -0.2) is 0 Å². The maximum atomic E-state index is 11.9. The van der Waals surface area contributed by atoms with Gasteiger partial charge in [0.05, 0.1) is 6.26 Å². The molecule has 116 valence electrons. The van der Waals surface area contributed by atoms with Gasteiger partial charge in [-0.05, 0) is 48.5 Å². The lowest BCUT2D eigenvalue weighted by molar-refractivity contribution is -0.116. The maximum Gasteiger partial charge on any atom is 0.224 e. The maximum absolute atomic E-state index is 11.9. The molecule has 0 atom stereocenters. The van der Waals surface area contributed by atoms with Crippen molar-refractivity contribution in [3.63, 3.8) is 0 Å². The molecule has 3 aromatic rings. The van der Waals surface area contributed by atoms with Crippen molar-refractivity contribution >= 4 is 23.0 Å². The Labute approximate surface area is 135 Å². The van der Waals surface area contributed by atoms with Crippen LogP contribution in [0.4, 0.5) is 17.1 Å². The molecular weight excluding hydrogens is 288 g/mol. The summed E-state index contributed by atoms with van der Waals surface area (Å²) in [6.45, 7) is 0. The van der Waals surface area contributed by atoms with E-state index in [2.05, 4.69) is 10.6 Å². The highest BCUT2D eigenvalue weighted by molar-refractivity contribution is 5.91. The average Bonchev–Trinajstić information content (AvgIpc) is 3.09. The van der Waals surface area contributed by atoms with Gasteiger partial charge in [-0.2, -0.15) is 0 Å². The number of carbonyl (C=O) groups is 1. The molecule has 0 radical (unpaired) electrons. The third-order valence-corrected chi connectivity index (χ3v) is 3.41. The molecule has 0 bridgehead atoms. The van der Waals surface area contributed by atoms with E-state index < -0.39 is 0 Å². The van der Waals surface area contributed by atoms with Crippen molar-refractivity contribution in [2.24, 2.45) is 0 Å². The molecule has 0 saturated carbocycles. The van der Waals surface area contributed by atoms with Gasteiger partial charge in [-0.15, -0.1) is 0 Å². The molecule has 0 fully saturated rings. The molecule has 2 aromatic carbocycles. The SMILES string of the molecule is O=C(CCc1ccco1)Nc1ccc(Nc2ccccc2)cc1. The van der Waals surface area contributed by atoms with Crippen LogP contribution in [0.1, 0.15) is 12.2 Å². The van der Waals surface area contributed by atoms with Gasteiger partial charge >= 0.3 is 0 Å². The third-order valence-electron chi connectivity index (χ3n) is 3.41. The Kier molecular flexibility index (Phi) is 4.74. The first kappa shape index (κ1) is 14.9. The number of carbonyl (C=O) groups excluding carboxylic acids is 1. The molecule has 3 rings (SSSR count). The lowest BCUT2D eigenvalue weighted by Crippen LogP contribution is -2.12. The van der Waals surface area contributed by atoms with Crippen molar-refractivity contribution in [2.75, 3.05) is 10.6 Å². The van der Waals surface area contributed by atoms with Crippen LogP contribution in [0.5, 0.6) is 0 Å². The molecule has 4 heteroatoms.